The molecule has 2 atom stereocenters. The second kappa shape index (κ2) is 14.2. The van der Waals surface area contributed by atoms with Crippen LogP contribution in [-0.2, 0) is 4.79 Å². The summed E-state index contributed by atoms with van der Waals surface area (Å²) in [4.78, 5) is 11.2. The third-order valence-electron chi connectivity index (χ3n) is 5.30. The Morgan fingerprint density at radius 2 is 1.50 bits per heavy atom. The molecular formula is C23H40O3. The third kappa shape index (κ3) is 10.9. The summed E-state index contributed by atoms with van der Waals surface area (Å²) in [5.41, 5.74) is -0.990. The minimum absolute atomic E-state index is 0.147. The van der Waals surface area contributed by atoms with E-state index in [9.17, 15) is 15.0 Å². The van der Waals surface area contributed by atoms with Crippen molar-refractivity contribution in [2.75, 3.05) is 0 Å². The van der Waals surface area contributed by atoms with Crippen molar-refractivity contribution < 1.29 is 15.0 Å². The van der Waals surface area contributed by atoms with Crippen molar-refractivity contribution in [1.29, 1.82) is 0 Å². The van der Waals surface area contributed by atoms with Crippen molar-refractivity contribution >= 4 is 5.78 Å². The fraction of sp³-hybridized carbons (Fsp3) is 0.783. The Morgan fingerprint density at radius 1 is 0.962 bits per heavy atom. The largest absolute Gasteiger partial charge is 0.386 e. The molecule has 3 heteroatoms. The smallest absolute Gasteiger partial charge is 0.183 e. The number of carbonyl (C=O) groups excluding carboxylic acids is 1. The Labute approximate surface area is 160 Å². The standard InChI is InChI=1S/C23H40O3/c1-2-3-4-5-6-7-8-9-10-11-12-13-14-15-16-18-23(26)19-17-21(24)22(25)20-23/h7-8,17,19,22,25-26H,2-6,9-16,18,20H2,1H3/b8-7-/t22-,23-/m0/s1. The molecule has 150 valence electrons. The summed E-state index contributed by atoms with van der Waals surface area (Å²) in [6.45, 7) is 2.25. The Balaban J connectivity index is 1.89. The van der Waals surface area contributed by atoms with E-state index in [1.54, 1.807) is 6.08 Å². The molecular weight excluding hydrogens is 324 g/mol. The van der Waals surface area contributed by atoms with Crippen molar-refractivity contribution in [3.8, 4) is 0 Å². The Hall–Kier alpha value is -0.930. The molecule has 26 heavy (non-hydrogen) atoms. The molecule has 0 amide bonds. The lowest BCUT2D eigenvalue weighted by atomic mass is 9.84. The maximum Gasteiger partial charge on any atom is 0.183 e. The molecule has 0 aromatic heterocycles. The molecule has 0 unspecified atom stereocenters. The zero-order valence-corrected chi connectivity index (χ0v) is 16.8. The highest BCUT2D eigenvalue weighted by Gasteiger charge is 2.33. The van der Waals surface area contributed by atoms with Crippen LogP contribution in [0.2, 0.25) is 0 Å². The van der Waals surface area contributed by atoms with E-state index in [0.717, 1.165) is 12.8 Å². The van der Waals surface area contributed by atoms with Gasteiger partial charge in [-0.15, -0.1) is 0 Å². The van der Waals surface area contributed by atoms with Crippen LogP contribution in [0, 0.1) is 0 Å². The van der Waals surface area contributed by atoms with Crippen LogP contribution in [0.3, 0.4) is 0 Å². The first kappa shape index (κ1) is 23.1. The number of aliphatic hydroxyl groups excluding tert-OH is 1. The van der Waals surface area contributed by atoms with Gasteiger partial charge in [-0.05, 0) is 44.3 Å². The van der Waals surface area contributed by atoms with Crippen LogP contribution in [-0.4, -0.2) is 27.7 Å². The number of aliphatic hydroxyl groups is 2. The molecule has 2 N–H and O–H groups in total. The van der Waals surface area contributed by atoms with Gasteiger partial charge in [-0.3, -0.25) is 4.79 Å². The summed E-state index contributed by atoms with van der Waals surface area (Å²) in [5.74, 6) is -0.291. The van der Waals surface area contributed by atoms with E-state index < -0.39 is 11.7 Å². The lowest BCUT2D eigenvalue weighted by Crippen LogP contribution is -2.38. The van der Waals surface area contributed by atoms with Gasteiger partial charge in [-0.1, -0.05) is 76.9 Å². The molecule has 0 spiro atoms. The number of hydrogen-bond acceptors (Lipinski definition) is 3. The average Bonchev–Trinajstić information content (AvgIpc) is 2.62. The fourth-order valence-electron chi connectivity index (χ4n) is 3.54. The molecule has 0 aromatic rings. The topological polar surface area (TPSA) is 57.5 Å². The maximum absolute atomic E-state index is 11.2. The van der Waals surface area contributed by atoms with E-state index in [4.69, 9.17) is 0 Å². The van der Waals surface area contributed by atoms with Gasteiger partial charge in [0.05, 0.1) is 5.60 Å². The quantitative estimate of drug-likeness (QED) is 0.292. The van der Waals surface area contributed by atoms with Crippen molar-refractivity contribution in [3.05, 3.63) is 24.3 Å². The van der Waals surface area contributed by atoms with Gasteiger partial charge in [0, 0.05) is 6.42 Å². The summed E-state index contributed by atoms with van der Waals surface area (Å²) in [7, 11) is 0. The summed E-state index contributed by atoms with van der Waals surface area (Å²) in [6, 6.07) is 0. The predicted molar refractivity (Wildman–Crippen MR) is 109 cm³/mol. The zero-order chi connectivity index (χ0) is 19.1. The van der Waals surface area contributed by atoms with Crippen LogP contribution in [0.5, 0.6) is 0 Å². The normalized spacial score (nSPS) is 23.2. The molecule has 3 nitrogen and oxygen atoms in total. The number of rotatable bonds is 15. The van der Waals surface area contributed by atoms with E-state index in [-0.39, 0.29) is 12.2 Å². The van der Waals surface area contributed by atoms with Crippen molar-refractivity contribution in [1.82, 2.24) is 0 Å². The number of allylic oxidation sites excluding steroid dienone is 2. The van der Waals surface area contributed by atoms with Gasteiger partial charge in [-0.2, -0.15) is 0 Å². The molecule has 0 heterocycles. The molecule has 0 saturated carbocycles. The lowest BCUT2D eigenvalue weighted by Gasteiger charge is -2.29. The maximum atomic E-state index is 11.2. The third-order valence-corrected chi connectivity index (χ3v) is 5.30. The van der Waals surface area contributed by atoms with E-state index in [1.165, 1.54) is 76.7 Å². The van der Waals surface area contributed by atoms with Crippen LogP contribution in [0.15, 0.2) is 24.3 Å². The number of unbranched alkanes of at least 4 members (excludes halogenated alkanes) is 11. The minimum atomic E-state index is -1.03. The minimum Gasteiger partial charge on any atom is -0.386 e. The van der Waals surface area contributed by atoms with Gasteiger partial charge in [-0.25, -0.2) is 0 Å². The van der Waals surface area contributed by atoms with E-state index >= 15 is 0 Å². The second-order valence-corrected chi connectivity index (χ2v) is 7.89. The molecule has 0 radical (unpaired) electrons. The van der Waals surface area contributed by atoms with Crippen LogP contribution < -0.4 is 0 Å². The Kier molecular flexibility index (Phi) is 12.6. The van der Waals surface area contributed by atoms with Crippen LogP contribution in [0.1, 0.15) is 103 Å². The van der Waals surface area contributed by atoms with Gasteiger partial charge >= 0.3 is 0 Å². The number of hydrogen-bond donors (Lipinski definition) is 2. The highest BCUT2D eigenvalue weighted by atomic mass is 16.3. The fourth-order valence-corrected chi connectivity index (χ4v) is 3.54. The monoisotopic (exact) mass is 364 g/mol. The first-order valence-corrected chi connectivity index (χ1v) is 10.9. The predicted octanol–water partition coefficient (Wildman–Crippen LogP) is 5.64. The van der Waals surface area contributed by atoms with Gasteiger partial charge in [0.15, 0.2) is 5.78 Å². The first-order chi connectivity index (χ1) is 12.6. The van der Waals surface area contributed by atoms with E-state index in [1.807, 2.05) is 0 Å². The van der Waals surface area contributed by atoms with Crippen molar-refractivity contribution in [2.45, 2.75) is 115 Å². The highest BCUT2D eigenvalue weighted by molar-refractivity contribution is 5.94. The summed E-state index contributed by atoms with van der Waals surface area (Å²) in [5, 5.41) is 19.9. The molecule has 1 aliphatic rings. The zero-order valence-electron chi connectivity index (χ0n) is 16.8. The van der Waals surface area contributed by atoms with Gasteiger partial charge in [0.1, 0.15) is 6.10 Å². The van der Waals surface area contributed by atoms with Crippen LogP contribution in [0.25, 0.3) is 0 Å². The summed E-state index contributed by atoms with van der Waals surface area (Å²) < 4.78 is 0. The van der Waals surface area contributed by atoms with E-state index in [2.05, 4.69) is 19.1 Å². The molecule has 0 fully saturated rings. The molecule has 0 aromatic carbocycles. The van der Waals surface area contributed by atoms with Crippen molar-refractivity contribution in [3.63, 3.8) is 0 Å². The van der Waals surface area contributed by atoms with E-state index in [0.29, 0.717) is 6.42 Å². The van der Waals surface area contributed by atoms with Gasteiger partial charge < -0.3 is 10.2 Å². The molecule has 1 aliphatic carbocycles. The first-order valence-electron chi connectivity index (χ1n) is 10.9. The Bertz CT molecular complexity index is 427. The van der Waals surface area contributed by atoms with Gasteiger partial charge in [0.25, 0.3) is 0 Å². The summed E-state index contributed by atoms with van der Waals surface area (Å²) >= 11 is 0. The highest BCUT2D eigenvalue weighted by Crippen LogP contribution is 2.26. The molecule has 0 saturated heterocycles. The molecule has 0 bridgehead atoms. The van der Waals surface area contributed by atoms with Crippen molar-refractivity contribution in [2.24, 2.45) is 0 Å². The van der Waals surface area contributed by atoms with Gasteiger partial charge in [0.2, 0.25) is 0 Å². The molecule has 0 aliphatic heterocycles. The van der Waals surface area contributed by atoms with Crippen LogP contribution >= 0.6 is 0 Å². The number of carbonyl (C=O) groups is 1. The number of ketones is 1. The lowest BCUT2D eigenvalue weighted by molar-refractivity contribution is -0.126. The SMILES string of the molecule is CCCCCC/C=C\CCCCCCCCC[C@]1(O)C=CC(=O)[C@@H](O)C1. The second-order valence-electron chi connectivity index (χ2n) is 7.89. The average molecular weight is 365 g/mol. The van der Waals surface area contributed by atoms with Crippen LogP contribution in [0.4, 0.5) is 0 Å². The summed E-state index contributed by atoms with van der Waals surface area (Å²) in [6.07, 6.45) is 23.6. The Morgan fingerprint density at radius 3 is 2.08 bits per heavy atom. The molecule has 1 rings (SSSR count).